The number of hydrogen-bond acceptors (Lipinski definition) is 5. The molecule has 19 heavy (non-hydrogen) atoms. The number of anilines is 1. The van der Waals surface area contributed by atoms with Crippen molar-refractivity contribution in [2.45, 2.75) is 6.42 Å². The Labute approximate surface area is 115 Å². The second-order valence-corrected chi connectivity index (χ2v) is 4.94. The molecule has 100 valence electrons. The van der Waals surface area contributed by atoms with Gasteiger partial charge < -0.3 is 15.2 Å². The lowest BCUT2D eigenvalue weighted by Gasteiger charge is -2.07. The Hall–Kier alpha value is -2.01. The zero-order chi connectivity index (χ0) is 13.5. The monoisotopic (exact) mass is 277 g/mol. The van der Waals surface area contributed by atoms with Gasteiger partial charge in [-0.25, -0.2) is 4.79 Å². The van der Waals surface area contributed by atoms with E-state index in [1.54, 1.807) is 35.6 Å². The van der Waals surface area contributed by atoms with Gasteiger partial charge in [0.1, 0.15) is 5.75 Å². The Bertz CT molecular complexity index is 525. The Balaban J connectivity index is 1.67. The van der Waals surface area contributed by atoms with Crippen molar-refractivity contribution in [2.24, 2.45) is 0 Å². The SMILES string of the molecule is Nc1cccc(OCC(=O)OCCc2cccs2)c1. The second-order valence-electron chi connectivity index (χ2n) is 3.91. The molecular formula is C14H15NO3S. The van der Waals surface area contributed by atoms with Crippen molar-refractivity contribution in [1.82, 2.24) is 0 Å². The van der Waals surface area contributed by atoms with Gasteiger partial charge in [0, 0.05) is 23.1 Å². The number of ether oxygens (including phenoxy) is 2. The maximum Gasteiger partial charge on any atom is 0.344 e. The molecule has 0 amide bonds. The number of benzene rings is 1. The topological polar surface area (TPSA) is 61.5 Å². The van der Waals surface area contributed by atoms with Gasteiger partial charge in [-0.1, -0.05) is 12.1 Å². The third-order valence-electron chi connectivity index (χ3n) is 2.41. The second kappa shape index (κ2) is 6.80. The van der Waals surface area contributed by atoms with E-state index >= 15 is 0 Å². The average Bonchev–Trinajstić information content (AvgIpc) is 2.90. The van der Waals surface area contributed by atoms with Crippen LogP contribution in [-0.4, -0.2) is 19.2 Å². The highest BCUT2D eigenvalue weighted by Gasteiger charge is 2.05. The van der Waals surface area contributed by atoms with Crippen LogP contribution in [0, 0.1) is 0 Å². The van der Waals surface area contributed by atoms with E-state index in [1.165, 1.54) is 4.88 Å². The van der Waals surface area contributed by atoms with Crippen molar-refractivity contribution < 1.29 is 14.3 Å². The van der Waals surface area contributed by atoms with Gasteiger partial charge in [-0.15, -0.1) is 11.3 Å². The zero-order valence-electron chi connectivity index (χ0n) is 10.4. The van der Waals surface area contributed by atoms with E-state index in [1.807, 2.05) is 17.5 Å². The molecule has 0 radical (unpaired) electrons. The normalized spacial score (nSPS) is 10.1. The molecule has 0 saturated carbocycles. The highest BCUT2D eigenvalue weighted by Crippen LogP contribution is 2.14. The molecule has 0 aliphatic carbocycles. The highest BCUT2D eigenvalue weighted by atomic mass is 32.1. The Kier molecular flexibility index (Phi) is 4.80. The van der Waals surface area contributed by atoms with Crippen LogP contribution in [0.25, 0.3) is 0 Å². The summed E-state index contributed by atoms with van der Waals surface area (Å²) in [5, 5.41) is 2.00. The van der Waals surface area contributed by atoms with Crippen molar-refractivity contribution in [2.75, 3.05) is 18.9 Å². The minimum absolute atomic E-state index is 0.103. The number of hydrogen-bond donors (Lipinski definition) is 1. The molecule has 5 heteroatoms. The van der Waals surface area contributed by atoms with Crippen molar-refractivity contribution in [3.63, 3.8) is 0 Å². The molecule has 0 atom stereocenters. The first-order valence-electron chi connectivity index (χ1n) is 5.90. The molecule has 2 rings (SSSR count). The van der Waals surface area contributed by atoms with E-state index in [2.05, 4.69) is 0 Å². The van der Waals surface area contributed by atoms with Gasteiger partial charge >= 0.3 is 5.97 Å². The van der Waals surface area contributed by atoms with Crippen LogP contribution in [0.4, 0.5) is 5.69 Å². The predicted molar refractivity (Wildman–Crippen MR) is 75.3 cm³/mol. The summed E-state index contributed by atoms with van der Waals surface area (Å²) in [6.07, 6.45) is 0.738. The number of carbonyl (C=O) groups excluding carboxylic acids is 1. The standard InChI is InChI=1S/C14H15NO3S/c15-11-3-1-4-12(9-11)18-10-14(16)17-7-6-13-5-2-8-19-13/h1-5,8-9H,6-7,10,15H2. The minimum atomic E-state index is -0.376. The van der Waals surface area contributed by atoms with Crippen LogP contribution in [0.2, 0.25) is 0 Å². The first-order valence-corrected chi connectivity index (χ1v) is 6.78. The van der Waals surface area contributed by atoms with Gasteiger partial charge in [-0.2, -0.15) is 0 Å². The predicted octanol–water partition coefficient (Wildman–Crippen LogP) is 2.50. The van der Waals surface area contributed by atoms with Crippen molar-refractivity contribution >= 4 is 23.0 Å². The fraction of sp³-hybridized carbons (Fsp3) is 0.214. The smallest absolute Gasteiger partial charge is 0.344 e. The largest absolute Gasteiger partial charge is 0.482 e. The van der Waals surface area contributed by atoms with Crippen LogP contribution in [0.5, 0.6) is 5.75 Å². The fourth-order valence-electron chi connectivity index (χ4n) is 1.51. The van der Waals surface area contributed by atoms with Crippen molar-refractivity contribution in [3.05, 3.63) is 46.7 Å². The van der Waals surface area contributed by atoms with Gasteiger partial charge in [0.15, 0.2) is 6.61 Å². The fourth-order valence-corrected chi connectivity index (χ4v) is 2.20. The summed E-state index contributed by atoms with van der Waals surface area (Å²) >= 11 is 1.65. The number of thiophene rings is 1. The van der Waals surface area contributed by atoms with Crippen LogP contribution in [-0.2, 0) is 16.0 Å². The third-order valence-corrected chi connectivity index (χ3v) is 3.34. The number of nitrogens with two attached hydrogens (primary N) is 1. The molecule has 4 nitrogen and oxygen atoms in total. The lowest BCUT2D eigenvalue weighted by molar-refractivity contribution is -0.145. The summed E-state index contributed by atoms with van der Waals surface area (Å²) in [5.74, 6) is 0.189. The summed E-state index contributed by atoms with van der Waals surface area (Å²) in [6.45, 7) is 0.271. The summed E-state index contributed by atoms with van der Waals surface area (Å²) < 4.78 is 10.4. The molecule has 0 spiro atoms. The molecule has 0 aliphatic rings. The van der Waals surface area contributed by atoms with Crippen molar-refractivity contribution in [3.8, 4) is 5.75 Å². The van der Waals surface area contributed by atoms with E-state index in [9.17, 15) is 4.79 Å². The molecule has 1 aromatic carbocycles. The molecule has 1 aromatic heterocycles. The van der Waals surface area contributed by atoms with E-state index in [0.29, 0.717) is 18.0 Å². The summed E-state index contributed by atoms with van der Waals surface area (Å²) in [5.41, 5.74) is 6.20. The van der Waals surface area contributed by atoms with Crippen LogP contribution in [0.3, 0.4) is 0 Å². The van der Waals surface area contributed by atoms with E-state index in [-0.39, 0.29) is 12.6 Å². The Morgan fingerprint density at radius 1 is 1.26 bits per heavy atom. The maximum atomic E-state index is 11.5. The number of carbonyl (C=O) groups is 1. The zero-order valence-corrected chi connectivity index (χ0v) is 11.2. The number of esters is 1. The third kappa shape index (κ3) is 4.63. The first-order chi connectivity index (χ1) is 9.24. The molecule has 2 aromatic rings. The molecule has 0 saturated heterocycles. The summed E-state index contributed by atoms with van der Waals surface area (Å²) in [4.78, 5) is 12.7. The van der Waals surface area contributed by atoms with Gasteiger partial charge in [0.2, 0.25) is 0 Å². The molecule has 0 unspecified atom stereocenters. The lowest BCUT2D eigenvalue weighted by atomic mass is 10.3. The minimum Gasteiger partial charge on any atom is -0.482 e. The first kappa shape index (κ1) is 13.4. The lowest BCUT2D eigenvalue weighted by Crippen LogP contribution is -2.16. The molecule has 0 aliphatic heterocycles. The average molecular weight is 277 g/mol. The molecule has 2 N–H and O–H groups in total. The maximum absolute atomic E-state index is 11.5. The van der Waals surface area contributed by atoms with Gasteiger partial charge in [0.25, 0.3) is 0 Å². The Morgan fingerprint density at radius 3 is 2.89 bits per heavy atom. The van der Waals surface area contributed by atoms with E-state index < -0.39 is 0 Å². The van der Waals surface area contributed by atoms with Gasteiger partial charge in [-0.05, 0) is 23.6 Å². The van der Waals surface area contributed by atoms with Crippen LogP contribution in [0.1, 0.15) is 4.88 Å². The van der Waals surface area contributed by atoms with Crippen LogP contribution in [0.15, 0.2) is 41.8 Å². The van der Waals surface area contributed by atoms with E-state index in [0.717, 1.165) is 6.42 Å². The number of rotatable bonds is 6. The quantitative estimate of drug-likeness (QED) is 0.651. The number of nitrogen functional groups attached to an aromatic ring is 1. The van der Waals surface area contributed by atoms with Gasteiger partial charge in [0.05, 0.1) is 6.61 Å². The molecular weight excluding hydrogens is 262 g/mol. The molecule has 0 bridgehead atoms. The van der Waals surface area contributed by atoms with Crippen LogP contribution >= 0.6 is 11.3 Å². The summed E-state index contributed by atoms with van der Waals surface area (Å²) in [7, 11) is 0. The highest BCUT2D eigenvalue weighted by molar-refractivity contribution is 7.09. The van der Waals surface area contributed by atoms with Gasteiger partial charge in [-0.3, -0.25) is 0 Å². The van der Waals surface area contributed by atoms with E-state index in [4.69, 9.17) is 15.2 Å². The Morgan fingerprint density at radius 2 is 2.16 bits per heavy atom. The molecule has 1 heterocycles. The van der Waals surface area contributed by atoms with Crippen molar-refractivity contribution in [1.29, 1.82) is 0 Å². The summed E-state index contributed by atoms with van der Waals surface area (Å²) in [6, 6.07) is 10.9. The molecule has 0 fully saturated rings. The van der Waals surface area contributed by atoms with Crippen LogP contribution < -0.4 is 10.5 Å².